The van der Waals surface area contributed by atoms with Crippen molar-refractivity contribution in [1.82, 2.24) is 4.98 Å². The number of aromatic nitrogens is 1. The lowest BCUT2D eigenvalue weighted by atomic mass is 10.3. The molecule has 0 aliphatic carbocycles. The summed E-state index contributed by atoms with van der Waals surface area (Å²) >= 11 is 0. The Morgan fingerprint density at radius 3 is 2.47 bits per heavy atom. The van der Waals surface area contributed by atoms with Crippen LogP contribution in [0, 0.1) is 0 Å². The van der Waals surface area contributed by atoms with Crippen LogP contribution in [0.3, 0.4) is 0 Å². The number of ether oxygens (including phenoxy) is 2. The lowest BCUT2D eigenvalue weighted by Crippen LogP contribution is -1.91. The standard InChI is InChI=1S/C15H13NO3/c1-2-17-11-7-9-12(10-8-11)18-15-16-13-5-3-4-6-14(13)19-15/h3-10H,2H2,1H3. The summed E-state index contributed by atoms with van der Waals surface area (Å²) in [6.07, 6.45) is 0.241. The summed E-state index contributed by atoms with van der Waals surface area (Å²) in [6, 6.07) is 14.9. The molecule has 0 N–H and O–H groups in total. The van der Waals surface area contributed by atoms with E-state index in [2.05, 4.69) is 4.98 Å². The first-order valence-electron chi connectivity index (χ1n) is 6.11. The monoisotopic (exact) mass is 255 g/mol. The molecule has 4 nitrogen and oxygen atoms in total. The van der Waals surface area contributed by atoms with Crippen LogP contribution in [0.15, 0.2) is 52.9 Å². The molecular formula is C15H13NO3. The van der Waals surface area contributed by atoms with Crippen molar-refractivity contribution in [2.75, 3.05) is 6.61 Å². The van der Waals surface area contributed by atoms with Crippen molar-refractivity contribution in [3.63, 3.8) is 0 Å². The highest BCUT2D eigenvalue weighted by molar-refractivity contribution is 5.72. The van der Waals surface area contributed by atoms with Gasteiger partial charge < -0.3 is 13.9 Å². The van der Waals surface area contributed by atoms with Gasteiger partial charge in [0.2, 0.25) is 0 Å². The number of nitrogens with zero attached hydrogens (tertiary/aromatic N) is 1. The zero-order valence-corrected chi connectivity index (χ0v) is 10.5. The Hall–Kier alpha value is -2.49. The van der Waals surface area contributed by atoms with Crippen molar-refractivity contribution in [3.05, 3.63) is 48.5 Å². The normalized spacial score (nSPS) is 10.6. The van der Waals surface area contributed by atoms with Crippen LogP contribution in [0.4, 0.5) is 0 Å². The highest BCUT2D eigenvalue weighted by atomic mass is 16.6. The Bertz CT molecular complexity index is 640. The molecule has 0 bridgehead atoms. The van der Waals surface area contributed by atoms with E-state index in [1.165, 1.54) is 0 Å². The molecule has 96 valence electrons. The van der Waals surface area contributed by atoms with Crippen LogP contribution < -0.4 is 9.47 Å². The van der Waals surface area contributed by atoms with Gasteiger partial charge in [-0.3, -0.25) is 0 Å². The Morgan fingerprint density at radius 1 is 1.00 bits per heavy atom. The lowest BCUT2D eigenvalue weighted by molar-refractivity contribution is 0.333. The molecule has 0 atom stereocenters. The minimum absolute atomic E-state index is 0.241. The average molecular weight is 255 g/mol. The molecule has 0 unspecified atom stereocenters. The van der Waals surface area contributed by atoms with Gasteiger partial charge >= 0.3 is 6.08 Å². The van der Waals surface area contributed by atoms with Crippen LogP contribution in [-0.4, -0.2) is 11.6 Å². The maximum Gasteiger partial charge on any atom is 0.400 e. The van der Waals surface area contributed by atoms with Gasteiger partial charge in [0.1, 0.15) is 17.0 Å². The summed E-state index contributed by atoms with van der Waals surface area (Å²) in [5.41, 5.74) is 1.49. The molecule has 3 rings (SSSR count). The van der Waals surface area contributed by atoms with Gasteiger partial charge in [-0.05, 0) is 43.3 Å². The largest absolute Gasteiger partial charge is 0.494 e. The van der Waals surface area contributed by atoms with E-state index in [1.54, 1.807) is 0 Å². The smallest absolute Gasteiger partial charge is 0.400 e. The van der Waals surface area contributed by atoms with E-state index in [9.17, 15) is 0 Å². The van der Waals surface area contributed by atoms with Crippen LogP contribution in [0.25, 0.3) is 11.1 Å². The van der Waals surface area contributed by atoms with Crippen LogP contribution in [0.2, 0.25) is 0 Å². The number of hydrogen-bond donors (Lipinski definition) is 0. The summed E-state index contributed by atoms with van der Waals surface area (Å²) < 4.78 is 16.4. The Morgan fingerprint density at radius 2 is 1.74 bits per heavy atom. The molecule has 2 aromatic carbocycles. The van der Waals surface area contributed by atoms with E-state index in [4.69, 9.17) is 13.9 Å². The van der Waals surface area contributed by atoms with E-state index in [1.807, 2.05) is 55.5 Å². The van der Waals surface area contributed by atoms with E-state index in [0.717, 1.165) is 11.3 Å². The summed E-state index contributed by atoms with van der Waals surface area (Å²) in [5.74, 6) is 1.47. The second-order valence-electron chi connectivity index (χ2n) is 3.95. The number of fused-ring (bicyclic) bond motifs is 1. The predicted octanol–water partition coefficient (Wildman–Crippen LogP) is 4.02. The summed E-state index contributed by atoms with van der Waals surface area (Å²) in [7, 11) is 0. The molecule has 0 fully saturated rings. The fraction of sp³-hybridized carbons (Fsp3) is 0.133. The first-order chi connectivity index (χ1) is 9.35. The first-order valence-corrected chi connectivity index (χ1v) is 6.11. The molecule has 19 heavy (non-hydrogen) atoms. The maximum absolute atomic E-state index is 5.56. The molecule has 0 aliphatic rings. The molecule has 0 spiro atoms. The Kier molecular flexibility index (Phi) is 3.06. The molecule has 0 saturated heterocycles. The van der Waals surface area contributed by atoms with Crippen molar-refractivity contribution in [2.45, 2.75) is 6.92 Å². The minimum Gasteiger partial charge on any atom is -0.494 e. The first kappa shape index (κ1) is 11.6. The predicted molar refractivity (Wildman–Crippen MR) is 71.7 cm³/mol. The second kappa shape index (κ2) is 5.02. The number of para-hydroxylation sites is 2. The lowest BCUT2D eigenvalue weighted by Gasteiger charge is -2.04. The fourth-order valence-electron chi connectivity index (χ4n) is 1.77. The van der Waals surface area contributed by atoms with Gasteiger partial charge in [-0.1, -0.05) is 12.1 Å². The zero-order valence-electron chi connectivity index (χ0n) is 10.5. The van der Waals surface area contributed by atoms with Crippen molar-refractivity contribution in [3.8, 4) is 17.6 Å². The number of rotatable bonds is 4. The highest BCUT2D eigenvalue weighted by Crippen LogP contribution is 2.26. The van der Waals surface area contributed by atoms with Gasteiger partial charge in [0.05, 0.1) is 6.61 Å². The fourth-order valence-corrected chi connectivity index (χ4v) is 1.77. The molecule has 3 aromatic rings. The summed E-state index contributed by atoms with van der Waals surface area (Å²) in [5, 5.41) is 0. The summed E-state index contributed by atoms with van der Waals surface area (Å²) in [4.78, 5) is 4.25. The van der Waals surface area contributed by atoms with Crippen LogP contribution >= 0.6 is 0 Å². The van der Waals surface area contributed by atoms with Crippen LogP contribution in [0.5, 0.6) is 17.6 Å². The van der Waals surface area contributed by atoms with Crippen molar-refractivity contribution in [1.29, 1.82) is 0 Å². The Labute approximate surface area is 110 Å². The molecule has 0 amide bonds. The minimum atomic E-state index is 0.241. The van der Waals surface area contributed by atoms with Gasteiger partial charge in [-0.2, -0.15) is 4.98 Å². The zero-order chi connectivity index (χ0) is 13.1. The van der Waals surface area contributed by atoms with Gasteiger partial charge in [0, 0.05) is 0 Å². The molecule has 4 heteroatoms. The van der Waals surface area contributed by atoms with Crippen molar-refractivity contribution < 1.29 is 13.9 Å². The molecule has 1 aromatic heterocycles. The highest BCUT2D eigenvalue weighted by Gasteiger charge is 2.07. The van der Waals surface area contributed by atoms with Crippen LogP contribution in [-0.2, 0) is 0 Å². The third-order valence-corrected chi connectivity index (χ3v) is 2.61. The molecule has 0 radical (unpaired) electrons. The number of hydrogen-bond acceptors (Lipinski definition) is 4. The molecule has 0 aliphatic heterocycles. The van der Waals surface area contributed by atoms with Gasteiger partial charge in [0.25, 0.3) is 0 Å². The van der Waals surface area contributed by atoms with Crippen molar-refractivity contribution in [2.24, 2.45) is 0 Å². The topological polar surface area (TPSA) is 44.5 Å². The third kappa shape index (κ3) is 2.52. The van der Waals surface area contributed by atoms with Crippen LogP contribution in [0.1, 0.15) is 6.92 Å². The van der Waals surface area contributed by atoms with Crippen molar-refractivity contribution >= 4 is 11.1 Å². The second-order valence-corrected chi connectivity index (χ2v) is 3.95. The molecule has 0 saturated carbocycles. The average Bonchev–Trinajstić information content (AvgIpc) is 2.83. The molecular weight excluding hydrogens is 242 g/mol. The van der Waals surface area contributed by atoms with Gasteiger partial charge in [-0.25, -0.2) is 0 Å². The SMILES string of the molecule is CCOc1ccc(Oc2nc3ccccc3o2)cc1. The quantitative estimate of drug-likeness (QED) is 0.706. The number of oxazole rings is 1. The molecule has 1 heterocycles. The number of benzene rings is 2. The van der Waals surface area contributed by atoms with Gasteiger partial charge in [0.15, 0.2) is 5.58 Å². The third-order valence-electron chi connectivity index (χ3n) is 2.61. The maximum atomic E-state index is 5.56. The van der Waals surface area contributed by atoms with Gasteiger partial charge in [-0.15, -0.1) is 0 Å². The van der Waals surface area contributed by atoms with E-state index in [0.29, 0.717) is 17.9 Å². The van der Waals surface area contributed by atoms with E-state index in [-0.39, 0.29) is 6.08 Å². The Balaban J connectivity index is 1.80. The van der Waals surface area contributed by atoms with E-state index >= 15 is 0 Å². The van der Waals surface area contributed by atoms with E-state index < -0.39 is 0 Å². The summed E-state index contributed by atoms with van der Waals surface area (Å²) in [6.45, 7) is 2.59.